The molecule has 3 nitrogen and oxygen atoms in total. The monoisotopic (exact) mass is 254 g/mol. The summed E-state index contributed by atoms with van der Waals surface area (Å²) in [6, 6.07) is 0.577. The van der Waals surface area contributed by atoms with Crippen LogP contribution in [0.3, 0.4) is 0 Å². The first-order valence-corrected chi connectivity index (χ1v) is 7.33. The first-order valence-electron chi connectivity index (χ1n) is 6.51. The minimum Gasteiger partial charge on any atom is -0.391 e. The minimum atomic E-state index is 0.124. The van der Waals surface area contributed by atoms with Crippen LogP contribution in [0.4, 0.5) is 5.13 Å². The SMILES string of the molecule is CCc1nc(N2CC(C)CCC2C)sc1CO. The van der Waals surface area contributed by atoms with Crippen LogP contribution in [-0.4, -0.2) is 22.7 Å². The molecule has 2 heterocycles. The fourth-order valence-electron chi connectivity index (χ4n) is 2.45. The summed E-state index contributed by atoms with van der Waals surface area (Å²) < 4.78 is 0. The molecular weight excluding hydrogens is 232 g/mol. The van der Waals surface area contributed by atoms with E-state index in [9.17, 15) is 5.11 Å². The zero-order valence-electron chi connectivity index (χ0n) is 10.9. The van der Waals surface area contributed by atoms with Crippen molar-refractivity contribution in [3.05, 3.63) is 10.6 Å². The lowest BCUT2D eigenvalue weighted by Crippen LogP contribution is -2.41. The average molecular weight is 254 g/mol. The van der Waals surface area contributed by atoms with Crippen molar-refractivity contribution in [2.45, 2.75) is 52.7 Å². The number of thiazole rings is 1. The Morgan fingerprint density at radius 3 is 2.76 bits per heavy atom. The van der Waals surface area contributed by atoms with Crippen LogP contribution in [0.5, 0.6) is 0 Å². The number of nitrogens with zero attached hydrogens (tertiary/aromatic N) is 2. The lowest BCUT2D eigenvalue weighted by atomic mass is 9.96. The Morgan fingerprint density at radius 2 is 2.18 bits per heavy atom. The molecule has 0 aliphatic carbocycles. The van der Waals surface area contributed by atoms with Crippen LogP contribution in [-0.2, 0) is 13.0 Å². The summed E-state index contributed by atoms with van der Waals surface area (Å²) in [5.74, 6) is 0.748. The van der Waals surface area contributed by atoms with E-state index in [1.54, 1.807) is 11.3 Å². The summed E-state index contributed by atoms with van der Waals surface area (Å²) in [5.41, 5.74) is 1.07. The van der Waals surface area contributed by atoms with Crippen LogP contribution in [0.25, 0.3) is 0 Å². The molecule has 0 spiro atoms. The zero-order valence-corrected chi connectivity index (χ0v) is 11.8. The van der Waals surface area contributed by atoms with Gasteiger partial charge in [-0.1, -0.05) is 25.2 Å². The third-order valence-electron chi connectivity index (χ3n) is 3.61. The third kappa shape index (κ3) is 2.63. The minimum absolute atomic E-state index is 0.124. The van der Waals surface area contributed by atoms with Crippen molar-refractivity contribution >= 4 is 16.5 Å². The number of hydrogen-bond donors (Lipinski definition) is 1. The van der Waals surface area contributed by atoms with E-state index in [2.05, 4.69) is 25.7 Å². The molecule has 0 aromatic carbocycles. The van der Waals surface area contributed by atoms with E-state index >= 15 is 0 Å². The lowest BCUT2D eigenvalue weighted by molar-refractivity contribution is 0.284. The van der Waals surface area contributed by atoms with Crippen molar-refractivity contribution in [1.29, 1.82) is 0 Å². The van der Waals surface area contributed by atoms with Crippen LogP contribution in [0, 0.1) is 5.92 Å². The van der Waals surface area contributed by atoms with Gasteiger partial charge in [0, 0.05) is 12.6 Å². The quantitative estimate of drug-likeness (QED) is 0.901. The first kappa shape index (κ1) is 12.8. The Labute approximate surface area is 107 Å². The molecule has 2 atom stereocenters. The lowest BCUT2D eigenvalue weighted by Gasteiger charge is -2.36. The Bertz CT molecular complexity index is 356. The Kier molecular flexibility index (Phi) is 4.05. The van der Waals surface area contributed by atoms with Gasteiger partial charge in [0.1, 0.15) is 0 Å². The summed E-state index contributed by atoms with van der Waals surface area (Å²) in [6.45, 7) is 7.90. The maximum atomic E-state index is 9.33. The largest absolute Gasteiger partial charge is 0.391 e. The maximum absolute atomic E-state index is 9.33. The van der Waals surface area contributed by atoms with Gasteiger partial charge in [-0.05, 0) is 32.1 Å². The van der Waals surface area contributed by atoms with Crippen LogP contribution < -0.4 is 4.90 Å². The fraction of sp³-hybridized carbons (Fsp3) is 0.769. The number of hydrogen-bond acceptors (Lipinski definition) is 4. The standard InChI is InChI=1S/C13H22N2OS/c1-4-11-12(8-16)17-13(14-11)15-7-9(2)5-6-10(15)3/h9-10,16H,4-8H2,1-3H3. The number of aromatic nitrogens is 1. The summed E-state index contributed by atoms with van der Waals surface area (Å²) >= 11 is 1.66. The van der Waals surface area contributed by atoms with Crippen LogP contribution >= 0.6 is 11.3 Å². The molecule has 1 aliphatic rings. The van der Waals surface area contributed by atoms with Crippen molar-refractivity contribution in [2.24, 2.45) is 5.92 Å². The smallest absolute Gasteiger partial charge is 0.186 e. The molecule has 96 valence electrons. The molecule has 0 amide bonds. The molecule has 1 saturated heterocycles. The summed E-state index contributed by atoms with van der Waals surface area (Å²) in [4.78, 5) is 8.14. The number of aliphatic hydroxyl groups excluding tert-OH is 1. The molecular formula is C13H22N2OS. The van der Waals surface area contributed by atoms with Gasteiger partial charge in [-0.2, -0.15) is 0 Å². The first-order chi connectivity index (χ1) is 8.15. The van der Waals surface area contributed by atoms with E-state index < -0.39 is 0 Å². The fourth-order valence-corrected chi connectivity index (χ4v) is 3.57. The average Bonchev–Trinajstić information content (AvgIpc) is 2.75. The highest BCUT2D eigenvalue weighted by Crippen LogP contribution is 2.32. The highest BCUT2D eigenvalue weighted by molar-refractivity contribution is 7.15. The van der Waals surface area contributed by atoms with Gasteiger partial charge < -0.3 is 10.0 Å². The van der Waals surface area contributed by atoms with Gasteiger partial charge >= 0.3 is 0 Å². The Morgan fingerprint density at radius 1 is 1.41 bits per heavy atom. The van der Waals surface area contributed by atoms with Gasteiger partial charge in [-0.15, -0.1) is 0 Å². The van der Waals surface area contributed by atoms with Crippen molar-refractivity contribution in [3.8, 4) is 0 Å². The normalized spacial score (nSPS) is 25.3. The van der Waals surface area contributed by atoms with Crippen LogP contribution in [0.15, 0.2) is 0 Å². The second kappa shape index (κ2) is 5.36. The van der Waals surface area contributed by atoms with E-state index in [0.29, 0.717) is 6.04 Å². The zero-order chi connectivity index (χ0) is 12.4. The number of rotatable bonds is 3. The summed E-state index contributed by atoms with van der Waals surface area (Å²) in [7, 11) is 0. The topological polar surface area (TPSA) is 36.4 Å². The molecule has 0 radical (unpaired) electrons. The van der Waals surface area contributed by atoms with E-state index in [0.717, 1.165) is 34.6 Å². The van der Waals surface area contributed by atoms with Gasteiger partial charge in [0.15, 0.2) is 5.13 Å². The molecule has 0 bridgehead atoms. The molecule has 1 N–H and O–H groups in total. The molecule has 1 aromatic heterocycles. The highest BCUT2D eigenvalue weighted by Gasteiger charge is 2.26. The Balaban J connectivity index is 2.23. The predicted octanol–water partition coefficient (Wildman–Crippen LogP) is 2.82. The van der Waals surface area contributed by atoms with Gasteiger partial charge in [0.2, 0.25) is 0 Å². The van der Waals surface area contributed by atoms with Crippen LogP contribution in [0.1, 0.15) is 44.2 Å². The van der Waals surface area contributed by atoms with Gasteiger partial charge in [-0.3, -0.25) is 0 Å². The summed E-state index contributed by atoms with van der Waals surface area (Å²) in [6.07, 6.45) is 3.47. The molecule has 0 saturated carbocycles. The number of aryl methyl sites for hydroxylation is 1. The molecule has 2 rings (SSSR count). The molecule has 17 heavy (non-hydrogen) atoms. The third-order valence-corrected chi connectivity index (χ3v) is 4.73. The second-order valence-electron chi connectivity index (χ2n) is 5.06. The molecule has 1 fully saturated rings. The van der Waals surface area contributed by atoms with Crippen molar-refractivity contribution in [1.82, 2.24) is 4.98 Å². The maximum Gasteiger partial charge on any atom is 0.186 e. The van der Waals surface area contributed by atoms with Crippen LogP contribution in [0.2, 0.25) is 0 Å². The van der Waals surface area contributed by atoms with Crippen molar-refractivity contribution in [2.75, 3.05) is 11.4 Å². The van der Waals surface area contributed by atoms with Crippen molar-refractivity contribution < 1.29 is 5.11 Å². The number of anilines is 1. The molecule has 2 unspecified atom stereocenters. The van der Waals surface area contributed by atoms with Gasteiger partial charge in [0.05, 0.1) is 17.2 Å². The second-order valence-corrected chi connectivity index (χ2v) is 6.12. The Hall–Kier alpha value is -0.610. The van der Waals surface area contributed by atoms with Gasteiger partial charge in [-0.25, -0.2) is 4.98 Å². The number of piperidine rings is 1. The molecule has 1 aliphatic heterocycles. The predicted molar refractivity (Wildman–Crippen MR) is 72.6 cm³/mol. The summed E-state index contributed by atoms with van der Waals surface area (Å²) in [5, 5.41) is 10.4. The number of aliphatic hydroxyl groups is 1. The van der Waals surface area contributed by atoms with E-state index in [1.807, 2.05) is 0 Å². The highest BCUT2D eigenvalue weighted by atomic mass is 32.1. The van der Waals surface area contributed by atoms with Crippen molar-refractivity contribution in [3.63, 3.8) is 0 Å². The van der Waals surface area contributed by atoms with E-state index in [1.165, 1.54) is 12.8 Å². The van der Waals surface area contributed by atoms with E-state index in [-0.39, 0.29) is 6.61 Å². The molecule has 4 heteroatoms. The molecule has 1 aromatic rings. The van der Waals surface area contributed by atoms with E-state index in [4.69, 9.17) is 4.98 Å². The van der Waals surface area contributed by atoms with Gasteiger partial charge in [0.25, 0.3) is 0 Å².